The van der Waals surface area contributed by atoms with Crippen molar-refractivity contribution in [2.24, 2.45) is 5.73 Å². The smallest absolute Gasteiger partial charge is 0.0479 e. The van der Waals surface area contributed by atoms with Crippen LogP contribution in [0.5, 0.6) is 0 Å². The molecular weight excluding hydrogens is 245 g/mol. The van der Waals surface area contributed by atoms with Crippen LogP contribution in [-0.2, 0) is 11.2 Å². The van der Waals surface area contributed by atoms with Gasteiger partial charge >= 0.3 is 0 Å². The predicted molar refractivity (Wildman–Crippen MR) is 69.3 cm³/mol. The lowest BCUT2D eigenvalue weighted by Crippen LogP contribution is -2.39. The van der Waals surface area contributed by atoms with Gasteiger partial charge in [0.1, 0.15) is 0 Å². The zero-order valence-corrected chi connectivity index (χ0v) is 11.1. The van der Waals surface area contributed by atoms with E-state index in [4.69, 9.17) is 33.7 Å². The van der Waals surface area contributed by atoms with Crippen LogP contribution in [0.1, 0.15) is 18.9 Å². The van der Waals surface area contributed by atoms with Crippen molar-refractivity contribution in [3.05, 3.63) is 33.8 Å². The van der Waals surface area contributed by atoms with E-state index < -0.39 is 0 Å². The van der Waals surface area contributed by atoms with Gasteiger partial charge in [-0.3, -0.25) is 0 Å². The Morgan fingerprint density at radius 3 is 2.38 bits per heavy atom. The van der Waals surface area contributed by atoms with E-state index in [1.54, 1.807) is 7.11 Å². The molecule has 0 saturated carbocycles. The fourth-order valence-electron chi connectivity index (χ4n) is 1.53. The van der Waals surface area contributed by atoms with Crippen LogP contribution in [0, 0.1) is 0 Å². The molecular formula is C12H17Cl2NO. The van der Waals surface area contributed by atoms with Gasteiger partial charge in [0, 0.05) is 29.3 Å². The Kier molecular flexibility index (Phi) is 5.06. The maximum absolute atomic E-state index is 6.18. The van der Waals surface area contributed by atoms with E-state index in [1.807, 2.05) is 25.1 Å². The lowest BCUT2D eigenvalue weighted by Gasteiger charge is -2.25. The molecule has 16 heavy (non-hydrogen) atoms. The Morgan fingerprint density at radius 2 is 1.88 bits per heavy atom. The van der Waals surface area contributed by atoms with Crippen molar-refractivity contribution < 1.29 is 4.74 Å². The zero-order chi connectivity index (χ0) is 12.2. The second-order valence-corrected chi connectivity index (χ2v) is 5.09. The number of rotatable bonds is 5. The van der Waals surface area contributed by atoms with Crippen LogP contribution in [0.15, 0.2) is 18.2 Å². The lowest BCUT2D eigenvalue weighted by molar-refractivity contribution is 0.171. The van der Waals surface area contributed by atoms with Gasteiger partial charge < -0.3 is 10.5 Å². The second-order valence-electron chi connectivity index (χ2n) is 4.27. The maximum Gasteiger partial charge on any atom is 0.0479 e. The van der Waals surface area contributed by atoms with E-state index in [0.29, 0.717) is 23.1 Å². The first kappa shape index (κ1) is 13.8. The Hall–Kier alpha value is -0.280. The molecule has 0 fully saturated rings. The topological polar surface area (TPSA) is 35.2 Å². The molecule has 0 spiro atoms. The molecule has 1 aromatic rings. The van der Waals surface area contributed by atoms with Crippen LogP contribution in [0.25, 0.3) is 0 Å². The standard InChI is InChI=1S/C12H17Cl2NO/c1-12(15,6-7-16-2)8-9-10(13)4-3-5-11(9)14/h3-5H,6-8,15H2,1-2H3. The molecule has 1 atom stereocenters. The lowest BCUT2D eigenvalue weighted by atomic mass is 9.91. The number of hydrogen-bond donors (Lipinski definition) is 1. The monoisotopic (exact) mass is 261 g/mol. The molecule has 0 aliphatic heterocycles. The molecule has 90 valence electrons. The number of methoxy groups -OCH3 is 1. The average molecular weight is 262 g/mol. The van der Waals surface area contributed by atoms with Crippen LogP contribution in [0.2, 0.25) is 10.0 Å². The fraction of sp³-hybridized carbons (Fsp3) is 0.500. The van der Waals surface area contributed by atoms with Crippen molar-refractivity contribution in [2.45, 2.75) is 25.3 Å². The van der Waals surface area contributed by atoms with Crippen LogP contribution >= 0.6 is 23.2 Å². The van der Waals surface area contributed by atoms with Gasteiger partial charge in [0.05, 0.1) is 0 Å². The molecule has 0 aliphatic rings. The van der Waals surface area contributed by atoms with Crippen molar-refractivity contribution in [1.82, 2.24) is 0 Å². The summed E-state index contributed by atoms with van der Waals surface area (Å²) in [5, 5.41) is 1.34. The molecule has 2 nitrogen and oxygen atoms in total. The number of ether oxygens (including phenoxy) is 1. The number of hydrogen-bond acceptors (Lipinski definition) is 2. The van der Waals surface area contributed by atoms with E-state index in [2.05, 4.69) is 0 Å². The van der Waals surface area contributed by atoms with Crippen LogP contribution < -0.4 is 5.73 Å². The molecule has 1 rings (SSSR count). The molecule has 4 heteroatoms. The van der Waals surface area contributed by atoms with Gasteiger partial charge in [0.2, 0.25) is 0 Å². The Balaban J connectivity index is 2.79. The quantitative estimate of drug-likeness (QED) is 0.883. The van der Waals surface area contributed by atoms with Crippen molar-refractivity contribution in [3.63, 3.8) is 0 Å². The summed E-state index contributed by atoms with van der Waals surface area (Å²) in [4.78, 5) is 0. The third kappa shape index (κ3) is 3.95. The van der Waals surface area contributed by atoms with Crippen molar-refractivity contribution in [2.75, 3.05) is 13.7 Å². The summed E-state index contributed by atoms with van der Waals surface area (Å²) in [5.74, 6) is 0. The summed E-state index contributed by atoms with van der Waals surface area (Å²) in [6.07, 6.45) is 1.42. The molecule has 0 aromatic heterocycles. The van der Waals surface area contributed by atoms with Gasteiger partial charge in [-0.05, 0) is 37.5 Å². The van der Waals surface area contributed by atoms with Gasteiger partial charge in [-0.25, -0.2) is 0 Å². The first-order valence-electron chi connectivity index (χ1n) is 5.17. The van der Waals surface area contributed by atoms with Gasteiger partial charge in [0.25, 0.3) is 0 Å². The summed E-state index contributed by atoms with van der Waals surface area (Å²) in [6.45, 7) is 2.61. The summed E-state index contributed by atoms with van der Waals surface area (Å²) >= 11 is 12.2. The van der Waals surface area contributed by atoms with Crippen molar-refractivity contribution in [3.8, 4) is 0 Å². The minimum atomic E-state index is -0.357. The number of benzene rings is 1. The van der Waals surface area contributed by atoms with Crippen molar-refractivity contribution >= 4 is 23.2 Å². The highest BCUT2D eigenvalue weighted by Crippen LogP contribution is 2.28. The zero-order valence-electron chi connectivity index (χ0n) is 9.59. The summed E-state index contributed by atoms with van der Waals surface area (Å²) in [7, 11) is 1.67. The highest BCUT2D eigenvalue weighted by molar-refractivity contribution is 6.36. The third-order valence-corrected chi connectivity index (χ3v) is 3.23. The molecule has 0 saturated heterocycles. The second kappa shape index (κ2) is 5.87. The third-order valence-electron chi connectivity index (χ3n) is 2.52. The summed E-state index contributed by atoms with van der Waals surface area (Å²) in [6, 6.07) is 5.49. The molecule has 1 unspecified atom stereocenters. The number of halogens is 2. The Labute approximate surface area is 107 Å². The molecule has 0 aliphatic carbocycles. The average Bonchev–Trinajstić information content (AvgIpc) is 2.21. The molecule has 0 heterocycles. The normalized spacial score (nSPS) is 14.8. The van der Waals surface area contributed by atoms with Crippen LogP contribution in [0.3, 0.4) is 0 Å². The van der Waals surface area contributed by atoms with E-state index >= 15 is 0 Å². The largest absolute Gasteiger partial charge is 0.385 e. The molecule has 0 radical (unpaired) electrons. The fourth-order valence-corrected chi connectivity index (χ4v) is 2.06. The number of nitrogens with two attached hydrogens (primary N) is 1. The van der Waals surface area contributed by atoms with Gasteiger partial charge in [-0.1, -0.05) is 29.3 Å². The van der Waals surface area contributed by atoms with Gasteiger partial charge in [-0.15, -0.1) is 0 Å². The van der Waals surface area contributed by atoms with E-state index in [1.165, 1.54) is 0 Å². The maximum atomic E-state index is 6.18. The Bertz CT molecular complexity index is 333. The van der Waals surface area contributed by atoms with Gasteiger partial charge in [-0.2, -0.15) is 0 Å². The van der Waals surface area contributed by atoms with Crippen molar-refractivity contribution in [1.29, 1.82) is 0 Å². The SMILES string of the molecule is COCCC(C)(N)Cc1c(Cl)cccc1Cl. The van der Waals surface area contributed by atoms with Crippen LogP contribution in [0.4, 0.5) is 0 Å². The van der Waals surface area contributed by atoms with E-state index in [0.717, 1.165) is 12.0 Å². The first-order chi connectivity index (χ1) is 7.46. The molecule has 2 N–H and O–H groups in total. The van der Waals surface area contributed by atoms with E-state index in [9.17, 15) is 0 Å². The predicted octanol–water partition coefficient (Wildman–Crippen LogP) is 3.29. The van der Waals surface area contributed by atoms with Crippen LogP contribution in [-0.4, -0.2) is 19.3 Å². The summed E-state index contributed by atoms with van der Waals surface area (Å²) < 4.78 is 5.03. The van der Waals surface area contributed by atoms with Gasteiger partial charge in [0.15, 0.2) is 0 Å². The highest BCUT2D eigenvalue weighted by Gasteiger charge is 2.21. The molecule has 0 bridgehead atoms. The first-order valence-corrected chi connectivity index (χ1v) is 5.92. The van der Waals surface area contributed by atoms with E-state index in [-0.39, 0.29) is 5.54 Å². The molecule has 0 amide bonds. The summed E-state index contributed by atoms with van der Waals surface area (Å²) in [5.41, 5.74) is 6.73. The Morgan fingerprint density at radius 1 is 1.31 bits per heavy atom. The minimum Gasteiger partial charge on any atom is -0.385 e. The minimum absolute atomic E-state index is 0.357. The highest BCUT2D eigenvalue weighted by atomic mass is 35.5. The molecule has 1 aromatic carbocycles.